The van der Waals surface area contributed by atoms with Crippen molar-refractivity contribution in [2.24, 2.45) is 0 Å². The maximum absolute atomic E-state index is 12.2. The van der Waals surface area contributed by atoms with Crippen LogP contribution in [0.5, 0.6) is 5.75 Å². The first-order chi connectivity index (χ1) is 8.66. The molecule has 1 aromatic rings. The van der Waals surface area contributed by atoms with Gasteiger partial charge < -0.3 is 15.4 Å². The smallest absolute Gasteiger partial charge is 0.387 e. The Labute approximate surface area is 115 Å². The van der Waals surface area contributed by atoms with Crippen molar-refractivity contribution in [3.05, 3.63) is 29.8 Å². The number of halogens is 3. The summed E-state index contributed by atoms with van der Waals surface area (Å²) in [6.45, 7) is -1.39. The zero-order valence-corrected chi connectivity index (χ0v) is 10.9. The van der Waals surface area contributed by atoms with E-state index in [1.807, 2.05) is 0 Å². The summed E-state index contributed by atoms with van der Waals surface area (Å²) in [7, 11) is 0. The Morgan fingerprint density at radius 1 is 1.42 bits per heavy atom. The second-order valence-corrected chi connectivity index (χ2v) is 4.04. The van der Waals surface area contributed by atoms with Gasteiger partial charge in [0.1, 0.15) is 5.75 Å². The van der Waals surface area contributed by atoms with Gasteiger partial charge in [0.05, 0.1) is 5.56 Å². The maximum atomic E-state index is 12.2. The molecule has 1 fully saturated rings. The van der Waals surface area contributed by atoms with Crippen molar-refractivity contribution in [3.63, 3.8) is 0 Å². The number of para-hydroxylation sites is 1. The van der Waals surface area contributed by atoms with Crippen LogP contribution in [0.25, 0.3) is 0 Å². The molecule has 0 saturated carbocycles. The highest BCUT2D eigenvalue weighted by molar-refractivity contribution is 5.97. The van der Waals surface area contributed by atoms with Gasteiger partial charge >= 0.3 is 6.61 Å². The number of rotatable bonds is 4. The Hall–Kier alpha value is -1.40. The van der Waals surface area contributed by atoms with Crippen molar-refractivity contribution in [1.29, 1.82) is 0 Å². The molecule has 1 amide bonds. The molecule has 0 radical (unpaired) electrons. The first-order valence-corrected chi connectivity index (χ1v) is 5.72. The first-order valence-electron chi connectivity index (χ1n) is 5.72. The van der Waals surface area contributed by atoms with Crippen LogP contribution < -0.4 is 15.4 Å². The molecular formula is C12H15ClF2N2O2. The lowest BCUT2D eigenvalue weighted by Gasteiger charge is -2.14. The number of hydrogen-bond acceptors (Lipinski definition) is 3. The first kappa shape index (κ1) is 15.7. The second kappa shape index (κ2) is 7.25. The predicted molar refractivity (Wildman–Crippen MR) is 69.1 cm³/mol. The minimum atomic E-state index is -2.94. The van der Waals surface area contributed by atoms with Gasteiger partial charge in [0.25, 0.3) is 5.91 Å². The fraction of sp³-hybridized carbons (Fsp3) is 0.417. The SMILES string of the molecule is Cl.O=C(NC1CCNC1)c1ccccc1OC(F)F. The number of nitrogens with one attached hydrogen (secondary N) is 2. The summed E-state index contributed by atoms with van der Waals surface area (Å²) in [5.74, 6) is -0.490. The number of carbonyl (C=O) groups is 1. The fourth-order valence-corrected chi connectivity index (χ4v) is 1.89. The molecule has 1 heterocycles. The molecular weight excluding hydrogens is 278 g/mol. The molecule has 0 aromatic heterocycles. The quantitative estimate of drug-likeness (QED) is 0.890. The van der Waals surface area contributed by atoms with Crippen LogP contribution in [-0.2, 0) is 0 Å². The summed E-state index contributed by atoms with van der Waals surface area (Å²) in [6.07, 6.45) is 0.837. The molecule has 1 atom stereocenters. The summed E-state index contributed by atoms with van der Waals surface area (Å²) < 4.78 is 28.7. The molecule has 0 spiro atoms. The summed E-state index contributed by atoms with van der Waals surface area (Å²) in [5.41, 5.74) is 0.129. The van der Waals surface area contributed by atoms with E-state index in [-0.39, 0.29) is 35.7 Å². The number of ether oxygens (including phenoxy) is 1. The van der Waals surface area contributed by atoms with E-state index in [9.17, 15) is 13.6 Å². The molecule has 1 aliphatic rings. The minimum Gasteiger partial charge on any atom is -0.434 e. The van der Waals surface area contributed by atoms with Crippen LogP contribution in [0.4, 0.5) is 8.78 Å². The Morgan fingerprint density at radius 2 is 2.16 bits per heavy atom. The number of hydrogen-bond donors (Lipinski definition) is 2. The summed E-state index contributed by atoms with van der Waals surface area (Å²) >= 11 is 0. The van der Waals surface area contributed by atoms with Crippen molar-refractivity contribution < 1.29 is 18.3 Å². The van der Waals surface area contributed by atoms with E-state index >= 15 is 0 Å². The van der Waals surface area contributed by atoms with Crippen LogP contribution in [-0.4, -0.2) is 31.7 Å². The Bertz CT molecular complexity index is 426. The molecule has 1 saturated heterocycles. The molecule has 4 nitrogen and oxygen atoms in total. The normalized spacial score (nSPS) is 17.9. The summed E-state index contributed by atoms with van der Waals surface area (Å²) in [5, 5.41) is 5.89. The third kappa shape index (κ3) is 4.33. The second-order valence-electron chi connectivity index (χ2n) is 4.04. The molecule has 0 bridgehead atoms. The maximum Gasteiger partial charge on any atom is 0.387 e. The minimum absolute atomic E-state index is 0. The van der Waals surface area contributed by atoms with E-state index in [4.69, 9.17) is 0 Å². The number of alkyl halides is 2. The monoisotopic (exact) mass is 292 g/mol. The van der Waals surface area contributed by atoms with Crippen LogP contribution in [0, 0.1) is 0 Å². The zero-order valence-electron chi connectivity index (χ0n) is 10.1. The zero-order chi connectivity index (χ0) is 13.0. The third-order valence-electron chi connectivity index (χ3n) is 2.74. The molecule has 19 heavy (non-hydrogen) atoms. The van der Waals surface area contributed by atoms with Gasteiger partial charge in [-0.3, -0.25) is 4.79 Å². The fourth-order valence-electron chi connectivity index (χ4n) is 1.89. The standard InChI is InChI=1S/C12H14F2N2O2.ClH/c13-12(14)18-10-4-2-1-3-9(10)11(17)16-8-5-6-15-7-8;/h1-4,8,12,15H,5-7H2,(H,16,17);1H. The lowest BCUT2D eigenvalue weighted by atomic mass is 10.1. The van der Waals surface area contributed by atoms with Gasteiger partial charge in [-0.05, 0) is 25.1 Å². The molecule has 106 valence electrons. The summed E-state index contributed by atoms with van der Waals surface area (Å²) in [4.78, 5) is 11.9. The van der Waals surface area contributed by atoms with E-state index in [0.717, 1.165) is 13.0 Å². The molecule has 1 unspecified atom stereocenters. The van der Waals surface area contributed by atoms with Gasteiger partial charge in [-0.1, -0.05) is 12.1 Å². The van der Waals surface area contributed by atoms with Gasteiger partial charge in [-0.25, -0.2) is 0 Å². The van der Waals surface area contributed by atoms with Crippen LogP contribution in [0.15, 0.2) is 24.3 Å². The largest absolute Gasteiger partial charge is 0.434 e. The van der Waals surface area contributed by atoms with Crippen molar-refractivity contribution >= 4 is 18.3 Å². The Kier molecular flexibility index (Phi) is 5.98. The predicted octanol–water partition coefficient (Wildman–Crippen LogP) is 1.80. The lowest BCUT2D eigenvalue weighted by molar-refractivity contribution is -0.0501. The van der Waals surface area contributed by atoms with E-state index in [1.54, 1.807) is 12.1 Å². The molecule has 1 aromatic carbocycles. The third-order valence-corrected chi connectivity index (χ3v) is 2.74. The van der Waals surface area contributed by atoms with Crippen molar-refractivity contribution in [2.75, 3.05) is 13.1 Å². The van der Waals surface area contributed by atoms with Crippen molar-refractivity contribution in [3.8, 4) is 5.75 Å². The number of benzene rings is 1. The number of amides is 1. The van der Waals surface area contributed by atoms with Crippen LogP contribution >= 0.6 is 12.4 Å². The van der Waals surface area contributed by atoms with Gasteiger partial charge in [0.15, 0.2) is 0 Å². The van der Waals surface area contributed by atoms with Crippen LogP contribution in [0.1, 0.15) is 16.8 Å². The highest BCUT2D eigenvalue weighted by Gasteiger charge is 2.20. The Balaban J connectivity index is 0.00000180. The van der Waals surface area contributed by atoms with Gasteiger partial charge in [-0.15, -0.1) is 12.4 Å². The highest BCUT2D eigenvalue weighted by atomic mass is 35.5. The summed E-state index contributed by atoms with van der Waals surface area (Å²) in [6, 6.07) is 6.02. The number of carbonyl (C=O) groups excluding carboxylic acids is 1. The molecule has 2 rings (SSSR count). The van der Waals surface area contributed by atoms with Crippen LogP contribution in [0.2, 0.25) is 0 Å². The lowest BCUT2D eigenvalue weighted by Crippen LogP contribution is -2.36. The van der Waals surface area contributed by atoms with Crippen molar-refractivity contribution in [2.45, 2.75) is 19.1 Å². The van der Waals surface area contributed by atoms with E-state index < -0.39 is 6.61 Å². The van der Waals surface area contributed by atoms with E-state index in [0.29, 0.717) is 6.54 Å². The average molecular weight is 293 g/mol. The van der Waals surface area contributed by atoms with Gasteiger partial charge in [0.2, 0.25) is 0 Å². The van der Waals surface area contributed by atoms with E-state index in [2.05, 4.69) is 15.4 Å². The van der Waals surface area contributed by atoms with Gasteiger partial charge in [0, 0.05) is 12.6 Å². The topological polar surface area (TPSA) is 50.4 Å². The average Bonchev–Trinajstić information content (AvgIpc) is 2.81. The molecule has 7 heteroatoms. The highest BCUT2D eigenvalue weighted by Crippen LogP contribution is 2.20. The Morgan fingerprint density at radius 3 is 2.79 bits per heavy atom. The van der Waals surface area contributed by atoms with Gasteiger partial charge in [-0.2, -0.15) is 8.78 Å². The molecule has 0 aliphatic carbocycles. The van der Waals surface area contributed by atoms with Crippen LogP contribution in [0.3, 0.4) is 0 Å². The van der Waals surface area contributed by atoms with E-state index in [1.165, 1.54) is 12.1 Å². The van der Waals surface area contributed by atoms with Crippen molar-refractivity contribution in [1.82, 2.24) is 10.6 Å². The molecule has 2 N–H and O–H groups in total. The molecule has 1 aliphatic heterocycles.